The molecule has 0 unspecified atom stereocenters. The van der Waals surface area contributed by atoms with Gasteiger partial charge >= 0.3 is 5.97 Å². The molecule has 0 bridgehead atoms. The summed E-state index contributed by atoms with van der Waals surface area (Å²) in [5.41, 5.74) is 2.15. The SMILES string of the molecule is CCOC(=O)Cc1csc(NC(=O)Cn2nc3c(cc2=O)CCCC3)n1. The van der Waals surface area contributed by atoms with Crippen LogP contribution in [0.5, 0.6) is 0 Å². The zero-order chi connectivity index (χ0) is 18.5. The molecule has 2 aromatic rings. The molecular formula is C17H20N4O4S. The minimum Gasteiger partial charge on any atom is -0.466 e. The van der Waals surface area contributed by atoms with Gasteiger partial charge in [-0.2, -0.15) is 5.10 Å². The second kappa shape index (κ2) is 8.22. The number of rotatable bonds is 6. The first-order chi connectivity index (χ1) is 12.5. The van der Waals surface area contributed by atoms with Crippen molar-refractivity contribution in [2.24, 2.45) is 0 Å². The molecule has 1 N–H and O–H groups in total. The summed E-state index contributed by atoms with van der Waals surface area (Å²) < 4.78 is 6.05. The summed E-state index contributed by atoms with van der Waals surface area (Å²) in [5, 5.41) is 9.03. The fourth-order valence-corrected chi connectivity index (χ4v) is 3.54. The highest BCUT2D eigenvalue weighted by atomic mass is 32.1. The number of amides is 1. The third-order valence-corrected chi connectivity index (χ3v) is 4.80. The monoisotopic (exact) mass is 376 g/mol. The van der Waals surface area contributed by atoms with Crippen molar-refractivity contribution in [1.29, 1.82) is 0 Å². The predicted octanol–water partition coefficient (Wildman–Crippen LogP) is 1.32. The Kier molecular flexibility index (Phi) is 5.77. The molecule has 8 nitrogen and oxygen atoms in total. The third-order valence-electron chi connectivity index (χ3n) is 4.00. The zero-order valence-corrected chi connectivity index (χ0v) is 15.3. The van der Waals surface area contributed by atoms with Crippen molar-refractivity contribution >= 4 is 28.3 Å². The van der Waals surface area contributed by atoms with Crippen molar-refractivity contribution in [2.45, 2.75) is 45.6 Å². The van der Waals surface area contributed by atoms with Gasteiger partial charge in [-0.15, -0.1) is 11.3 Å². The number of carbonyl (C=O) groups is 2. The predicted molar refractivity (Wildman–Crippen MR) is 96.2 cm³/mol. The lowest BCUT2D eigenvalue weighted by Gasteiger charge is -2.15. The van der Waals surface area contributed by atoms with Gasteiger partial charge in [-0.3, -0.25) is 14.4 Å². The van der Waals surface area contributed by atoms with E-state index in [9.17, 15) is 14.4 Å². The number of esters is 1. The number of thiazole rings is 1. The molecule has 26 heavy (non-hydrogen) atoms. The van der Waals surface area contributed by atoms with Crippen molar-refractivity contribution < 1.29 is 14.3 Å². The Balaban J connectivity index is 1.62. The Bertz CT molecular complexity index is 874. The largest absolute Gasteiger partial charge is 0.466 e. The van der Waals surface area contributed by atoms with E-state index in [1.807, 2.05) is 0 Å². The molecule has 3 rings (SSSR count). The van der Waals surface area contributed by atoms with Crippen LogP contribution in [0.15, 0.2) is 16.2 Å². The van der Waals surface area contributed by atoms with Crippen LogP contribution < -0.4 is 10.9 Å². The van der Waals surface area contributed by atoms with Gasteiger partial charge in [0.1, 0.15) is 6.54 Å². The fourth-order valence-electron chi connectivity index (χ4n) is 2.81. The van der Waals surface area contributed by atoms with E-state index in [-0.39, 0.29) is 30.4 Å². The van der Waals surface area contributed by atoms with Gasteiger partial charge in [0.15, 0.2) is 5.13 Å². The number of nitrogens with one attached hydrogen (secondary N) is 1. The molecule has 0 spiro atoms. The van der Waals surface area contributed by atoms with Gasteiger partial charge in [0.25, 0.3) is 5.56 Å². The minimum absolute atomic E-state index is 0.0616. The average molecular weight is 376 g/mol. The maximum atomic E-state index is 12.2. The number of hydrogen-bond donors (Lipinski definition) is 1. The van der Waals surface area contributed by atoms with E-state index in [1.54, 1.807) is 18.4 Å². The molecular weight excluding hydrogens is 356 g/mol. The topological polar surface area (TPSA) is 103 Å². The van der Waals surface area contributed by atoms with Gasteiger partial charge in [0, 0.05) is 11.4 Å². The smallest absolute Gasteiger partial charge is 0.311 e. The second-order valence-corrected chi connectivity index (χ2v) is 6.85. The summed E-state index contributed by atoms with van der Waals surface area (Å²) in [6, 6.07) is 1.58. The van der Waals surface area contributed by atoms with Crippen LogP contribution in [0.2, 0.25) is 0 Å². The number of anilines is 1. The summed E-state index contributed by atoms with van der Waals surface area (Å²) in [6.07, 6.45) is 3.88. The van der Waals surface area contributed by atoms with Gasteiger partial charge in [-0.25, -0.2) is 9.67 Å². The van der Waals surface area contributed by atoms with Crippen LogP contribution in [-0.2, 0) is 40.1 Å². The number of fused-ring (bicyclic) bond motifs is 1. The minimum atomic E-state index is -0.382. The molecule has 0 saturated carbocycles. The first-order valence-corrected chi connectivity index (χ1v) is 9.43. The van der Waals surface area contributed by atoms with Crippen LogP contribution in [0, 0.1) is 0 Å². The Morgan fingerprint density at radius 3 is 2.96 bits per heavy atom. The molecule has 0 fully saturated rings. The van der Waals surface area contributed by atoms with Crippen LogP contribution in [0.1, 0.15) is 36.7 Å². The van der Waals surface area contributed by atoms with Crippen LogP contribution in [0.3, 0.4) is 0 Å². The van der Waals surface area contributed by atoms with Gasteiger partial charge < -0.3 is 10.1 Å². The third kappa shape index (κ3) is 4.54. The highest BCUT2D eigenvalue weighted by molar-refractivity contribution is 7.13. The van der Waals surface area contributed by atoms with Gasteiger partial charge in [0.2, 0.25) is 5.91 Å². The number of carbonyl (C=O) groups excluding carboxylic acids is 2. The lowest BCUT2D eigenvalue weighted by molar-refractivity contribution is -0.142. The maximum absolute atomic E-state index is 12.2. The Hall–Kier alpha value is -2.55. The number of aromatic nitrogens is 3. The second-order valence-electron chi connectivity index (χ2n) is 5.99. The number of aryl methyl sites for hydroxylation is 2. The van der Waals surface area contributed by atoms with E-state index in [1.165, 1.54) is 16.0 Å². The lowest BCUT2D eigenvalue weighted by atomic mass is 9.97. The van der Waals surface area contributed by atoms with Crippen molar-refractivity contribution in [1.82, 2.24) is 14.8 Å². The molecule has 2 heterocycles. The van der Waals surface area contributed by atoms with E-state index in [2.05, 4.69) is 15.4 Å². The van der Waals surface area contributed by atoms with Crippen LogP contribution in [0.25, 0.3) is 0 Å². The van der Waals surface area contributed by atoms with Crippen LogP contribution in [0.4, 0.5) is 5.13 Å². The normalized spacial score (nSPS) is 13.1. The fraction of sp³-hybridized carbons (Fsp3) is 0.471. The van der Waals surface area contributed by atoms with E-state index in [0.29, 0.717) is 17.4 Å². The number of nitrogens with zero attached hydrogens (tertiary/aromatic N) is 3. The van der Waals surface area contributed by atoms with Crippen molar-refractivity contribution in [3.05, 3.63) is 38.8 Å². The molecule has 2 aromatic heterocycles. The lowest BCUT2D eigenvalue weighted by Crippen LogP contribution is -2.31. The van der Waals surface area contributed by atoms with Crippen molar-refractivity contribution in [2.75, 3.05) is 11.9 Å². The highest BCUT2D eigenvalue weighted by Gasteiger charge is 2.15. The quantitative estimate of drug-likeness (QED) is 0.763. The standard InChI is InChI=1S/C17H20N4O4S/c1-2-25-16(24)8-12-10-26-17(18-12)19-14(22)9-21-15(23)7-11-5-3-4-6-13(11)20-21/h7,10H,2-6,8-9H2,1H3,(H,18,19,22). The molecule has 0 aromatic carbocycles. The Morgan fingerprint density at radius 2 is 2.15 bits per heavy atom. The first-order valence-electron chi connectivity index (χ1n) is 8.55. The molecule has 0 radical (unpaired) electrons. The van der Waals surface area contributed by atoms with E-state index < -0.39 is 0 Å². The summed E-state index contributed by atoms with van der Waals surface area (Å²) in [6.45, 7) is 1.88. The molecule has 1 aliphatic rings. The molecule has 0 aliphatic heterocycles. The molecule has 0 atom stereocenters. The maximum Gasteiger partial charge on any atom is 0.311 e. The first kappa shape index (κ1) is 18.2. The summed E-state index contributed by atoms with van der Waals surface area (Å²) >= 11 is 1.22. The van der Waals surface area contributed by atoms with Crippen LogP contribution in [-0.4, -0.2) is 33.2 Å². The molecule has 1 aliphatic carbocycles. The van der Waals surface area contributed by atoms with Gasteiger partial charge in [-0.05, 0) is 38.2 Å². The van der Waals surface area contributed by atoms with Crippen molar-refractivity contribution in [3.63, 3.8) is 0 Å². The van der Waals surface area contributed by atoms with E-state index >= 15 is 0 Å². The van der Waals surface area contributed by atoms with Gasteiger partial charge in [0.05, 0.1) is 24.4 Å². The van der Waals surface area contributed by atoms with Crippen molar-refractivity contribution in [3.8, 4) is 0 Å². The molecule has 1 amide bonds. The number of ether oxygens (including phenoxy) is 1. The van der Waals surface area contributed by atoms with Crippen LogP contribution >= 0.6 is 11.3 Å². The summed E-state index contributed by atoms with van der Waals surface area (Å²) in [5.74, 6) is -0.743. The van der Waals surface area contributed by atoms with E-state index in [0.717, 1.165) is 36.9 Å². The summed E-state index contributed by atoms with van der Waals surface area (Å²) in [7, 11) is 0. The average Bonchev–Trinajstić information content (AvgIpc) is 3.02. The Morgan fingerprint density at radius 1 is 1.35 bits per heavy atom. The molecule has 138 valence electrons. The Labute approximate surface area is 154 Å². The summed E-state index contributed by atoms with van der Waals surface area (Å²) in [4.78, 5) is 40.0. The highest BCUT2D eigenvalue weighted by Crippen LogP contribution is 2.18. The molecule has 0 saturated heterocycles. The van der Waals surface area contributed by atoms with Gasteiger partial charge in [-0.1, -0.05) is 0 Å². The van der Waals surface area contributed by atoms with E-state index in [4.69, 9.17) is 4.74 Å². The number of hydrogen-bond acceptors (Lipinski definition) is 7. The molecule has 9 heteroatoms. The zero-order valence-electron chi connectivity index (χ0n) is 14.5.